The minimum atomic E-state index is -4.75. The molecule has 9 heteroatoms. The summed E-state index contributed by atoms with van der Waals surface area (Å²) in [6.07, 6.45) is -3.20. The Labute approximate surface area is 199 Å². The molecule has 0 amide bonds. The van der Waals surface area contributed by atoms with Crippen molar-refractivity contribution in [3.8, 4) is 17.0 Å². The molecule has 2 saturated heterocycles. The lowest BCUT2D eigenvalue weighted by atomic mass is 10.1. The fraction of sp³-hybridized carbons (Fsp3) is 0.680. The van der Waals surface area contributed by atoms with E-state index in [-0.39, 0.29) is 17.5 Å². The van der Waals surface area contributed by atoms with Crippen molar-refractivity contribution >= 4 is 0 Å². The van der Waals surface area contributed by atoms with Gasteiger partial charge in [-0.2, -0.15) is 5.10 Å². The number of rotatable bonds is 5. The summed E-state index contributed by atoms with van der Waals surface area (Å²) in [5.74, 6) is 2.23. The van der Waals surface area contributed by atoms with Crippen LogP contribution in [0.5, 0.6) is 5.75 Å². The summed E-state index contributed by atoms with van der Waals surface area (Å²) in [6, 6.07) is 4.12. The Bertz CT molecular complexity index is 986. The number of halogens is 3. The lowest BCUT2D eigenvalue weighted by Gasteiger charge is -2.35. The zero-order valence-corrected chi connectivity index (χ0v) is 20.8. The first kappa shape index (κ1) is 25.0. The number of hydrogen-bond acceptors (Lipinski definition) is 5. The van der Waals surface area contributed by atoms with Crippen molar-refractivity contribution in [3.63, 3.8) is 0 Å². The molecule has 3 aliphatic rings. The molecule has 34 heavy (non-hydrogen) atoms. The van der Waals surface area contributed by atoms with Gasteiger partial charge >= 0.3 is 6.36 Å². The summed E-state index contributed by atoms with van der Waals surface area (Å²) in [7, 11) is 0. The molecule has 4 heterocycles. The molecule has 0 aromatic carbocycles. The Hall–Kier alpha value is -2.13. The molecule has 0 bridgehead atoms. The third kappa shape index (κ3) is 5.40. The van der Waals surface area contributed by atoms with Crippen molar-refractivity contribution in [2.75, 3.05) is 26.3 Å². The predicted octanol–water partition coefficient (Wildman–Crippen LogP) is 5.44. The summed E-state index contributed by atoms with van der Waals surface area (Å²) in [4.78, 5) is 6.62. The lowest BCUT2D eigenvalue weighted by molar-refractivity contribution is -0.274. The SMILES string of the molecule is CC(C)C.Cc1ncc(-c2cc(C3C4CN(C5COC5)CC43)n(C(C)C)n2)cc1OC(F)(F)F. The molecular weight excluding hydrogens is 445 g/mol. The van der Waals surface area contributed by atoms with Crippen molar-refractivity contribution in [2.45, 2.75) is 65.9 Å². The molecule has 2 unspecified atom stereocenters. The van der Waals surface area contributed by atoms with Crippen LogP contribution in [0.1, 0.15) is 58.0 Å². The number of likely N-dealkylation sites (tertiary alicyclic amines) is 1. The summed E-state index contributed by atoms with van der Waals surface area (Å²) in [5, 5.41) is 4.72. The summed E-state index contributed by atoms with van der Waals surface area (Å²) < 4.78 is 49.6. The van der Waals surface area contributed by atoms with Gasteiger partial charge in [0.1, 0.15) is 0 Å². The third-order valence-corrected chi connectivity index (χ3v) is 6.52. The van der Waals surface area contributed by atoms with Gasteiger partial charge in [-0.25, -0.2) is 0 Å². The van der Waals surface area contributed by atoms with Crippen LogP contribution in [-0.4, -0.2) is 58.4 Å². The van der Waals surface area contributed by atoms with Gasteiger partial charge in [0, 0.05) is 42.5 Å². The average molecular weight is 481 g/mol. The maximum absolute atomic E-state index is 12.7. The lowest BCUT2D eigenvalue weighted by Crippen LogP contribution is -2.48. The number of alkyl halides is 3. The van der Waals surface area contributed by atoms with Crippen molar-refractivity contribution in [1.29, 1.82) is 0 Å². The van der Waals surface area contributed by atoms with Crippen molar-refractivity contribution in [1.82, 2.24) is 19.7 Å². The van der Waals surface area contributed by atoms with Gasteiger partial charge in [-0.1, -0.05) is 20.8 Å². The maximum atomic E-state index is 12.7. The fourth-order valence-corrected chi connectivity index (χ4v) is 4.82. The van der Waals surface area contributed by atoms with Crippen LogP contribution >= 0.6 is 0 Å². The molecule has 1 saturated carbocycles. The molecule has 6 nitrogen and oxygen atoms in total. The second-order valence-corrected chi connectivity index (χ2v) is 10.6. The summed E-state index contributed by atoms with van der Waals surface area (Å²) >= 11 is 0. The zero-order valence-electron chi connectivity index (χ0n) is 20.8. The average Bonchev–Trinajstić information content (AvgIpc) is 3.02. The van der Waals surface area contributed by atoms with Crippen LogP contribution in [0.25, 0.3) is 11.3 Å². The molecule has 0 N–H and O–H groups in total. The van der Waals surface area contributed by atoms with Crippen LogP contribution in [0.4, 0.5) is 13.2 Å². The zero-order chi connectivity index (χ0) is 24.8. The van der Waals surface area contributed by atoms with E-state index in [1.807, 2.05) is 10.7 Å². The number of ether oxygens (including phenoxy) is 2. The van der Waals surface area contributed by atoms with Gasteiger partial charge in [-0.3, -0.25) is 14.6 Å². The Kier molecular flexibility index (Phi) is 6.97. The van der Waals surface area contributed by atoms with Gasteiger partial charge in [0.25, 0.3) is 0 Å². The summed E-state index contributed by atoms with van der Waals surface area (Å²) in [6.45, 7) is 16.0. The van der Waals surface area contributed by atoms with E-state index >= 15 is 0 Å². The van der Waals surface area contributed by atoms with E-state index in [0.29, 0.717) is 35.1 Å². The van der Waals surface area contributed by atoms with Gasteiger partial charge in [0.2, 0.25) is 0 Å². The van der Waals surface area contributed by atoms with Crippen molar-refractivity contribution < 1.29 is 22.6 Å². The monoisotopic (exact) mass is 480 g/mol. The molecular formula is C25H35F3N4O2. The van der Waals surface area contributed by atoms with Gasteiger partial charge in [0.05, 0.1) is 30.6 Å². The van der Waals surface area contributed by atoms with Crippen LogP contribution < -0.4 is 4.74 Å². The van der Waals surface area contributed by atoms with Gasteiger partial charge in [-0.05, 0) is 50.7 Å². The number of aromatic nitrogens is 3. The van der Waals surface area contributed by atoms with Crippen molar-refractivity contribution in [2.24, 2.45) is 17.8 Å². The van der Waals surface area contributed by atoms with Crippen LogP contribution in [0.15, 0.2) is 18.3 Å². The van der Waals surface area contributed by atoms with Crippen LogP contribution in [0, 0.1) is 24.7 Å². The predicted molar refractivity (Wildman–Crippen MR) is 124 cm³/mol. The quantitative estimate of drug-likeness (QED) is 0.571. The third-order valence-electron chi connectivity index (χ3n) is 6.52. The van der Waals surface area contributed by atoms with E-state index in [1.165, 1.54) is 18.7 Å². The fourth-order valence-electron chi connectivity index (χ4n) is 4.82. The first-order valence-electron chi connectivity index (χ1n) is 12.1. The van der Waals surface area contributed by atoms with Crippen LogP contribution in [0.2, 0.25) is 0 Å². The van der Waals surface area contributed by atoms with E-state index in [4.69, 9.17) is 9.84 Å². The molecule has 2 aliphatic heterocycles. The number of fused-ring (bicyclic) bond motifs is 1. The van der Waals surface area contributed by atoms with Gasteiger partial charge in [0.15, 0.2) is 5.75 Å². The molecule has 2 aromatic heterocycles. The molecule has 1 aliphatic carbocycles. The standard InChI is InChI=1S/C21H25F3N4O2.C4H10/c1-11(2)28-18(20-15-7-27(8-16(15)20)14-9-29-10-14)5-17(26-28)13-4-19(12(3)25-6-13)30-21(22,23)24;1-4(2)3/h4-6,11,14-16,20H,7-10H2,1-3H3;4H,1-3H3. The first-order chi connectivity index (χ1) is 15.9. The first-order valence-corrected chi connectivity index (χ1v) is 12.1. The normalized spacial score (nSPS) is 24.6. The number of aryl methyl sites for hydroxylation is 1. The number of pyridine rings is 1. The van der Waals surface area contributed by atoms with Gasteiger partial charge < -0.3 is 9.47 Å². The number of piperidine rings is 1. The molecule has 2 atom stereocenters. The molecule has 0 spiro atoms. The van der Waals surface area contributed by atoms with Crippen LogP contribution in [0.3, 0.4) is 0 Å². The highest BCUT2D eigenvalue weighted by Crippen LogP contribution is 2.59. The largest absolute Gasteiger partial charge is 0.573 e. The minimum absolute atomic E-state index is 0.163. The number of nitrogens with zero attached hydrogens (tertiary/aromatic N) is 4. The highest BCUT2D eigenvalue weighted by atomic mass is 19.4. The second-order valence-electron chi connectivity index (χ2n) is 10.6. The molecule has 5 rings (SSSR count). The molecule has 188 valence electrons. The molecule has 0 radical (unpaired) electrons. The summed E-state index contributed by atoms with van der Waals surface area (Å²) in [5.41, 5.74) is 2.52. The minimum Gasteiger partial charge on any atom is -0.404 e. The van der Waals surface area contributed by atoms with Crippen molar-refractivity contribution in [3.05, 3.63) is 29.7 Å². The van der Waals surface area contributed by atoms with E-state index in [0.717, 1.165) is 32.2 Å². The smallest absolute Gasteiger partial charge is 0.404 e. The Balaban J connectivity index is 0.000000636. The Morgan fingerprint density at radius 3 is 2.18 bits per heavy atom. The highest BCUT2D eigenvalue weighted by molar-refractivity contribution is 5.61. The van der Waals surface area contributed by atoms with Crippen LogP contribution in [-0.2, 0) is 4.74 Å². The Morgan fingerprint density at radius 2 is 1.68 bits per heavy atom. The van der Waals surface area contributed by atoms with E-state index in [2.05, 4.69) is 49.2 Å². The van der Waals surface area contributed by atoms with Gasteiger partial charge in [-0.15, -0.1) is 13.2 Å². The topological polar surface area (TPSA) is 52.4 Å². The van der Waals surface area contributed by atoms with E-state index in [1.54, 1.807) is 6.20 Å². The maximum Gasteiger partial charge on any atom is 0.573 e. The van der Waals surface area contributed by atoms with E-state index in [9.17, 15) is 13.2 Å². The molecule has 3 fully saturated rings. The second kappa shape index (κ2) is 9.49. The molecule has 2 aromatic rings. The van der Waals surface area contributed by atoms with E-state index < -0.39 is 6.36 Å². The highest BCUT2D eigenvalue weighted by Gasteiger charge is 2.58. The Morgan fingerprint density at radius 1 is 1.06 bits per heavy atom. The number of hydrogen-bond donors (Lipinski definition) is 0.